The lowest BCUT2D eigenvalue weighted by atomic mass is 10.1. The van der Waals surface area contributed by atoms with Crippen molar-refractivity contribution in [2.75, 3.05) is 13.1 Å². The first kappa shape index (κ1) is 21.5. The second-order valence-electron chi connectivity index (χ2n) is 7.87. The van der Waals surface area contributed by atoms with Crippen molar-refractivity contribution < 1.29 is 22.7 Å². The molecule has 1 amide bonds. The number of carbonyl (C=O) groups is 2. The van der Waals surface area contributed by atoms with Crippen molar-refractivity contribution in [2.45, 2.75) is 49.3 Å². The third-order valence-electron chi connectivity index (χ3n) is 5.87. The molecule has 2 aromatic carbocycles. The summed E-state index contributed by atoms with van der Waals surface area (Å²) in [4.78, 5) is 27.7. The second-order valence-corrected chi connectivity index (χ2v) is 9.76. The normalized spacial score (nSPS) is 21.9. The predicted octanol–water partition coefficient (Wildman–Crippen LogP) is 2.57. The maximum Gasteiger partial charge on any atom is 0.329 e. The van der Waals surface area contributed by atoms with Crippen molar-refractivity contribution in [3.05, 3.63) is 66.2 Å². The summed E-state index contributed by atoms with van der Waals surface area (Å²) in [7, 11) is -3.78. The van der Waals surface area contributed by atoms with E-state index in [1.54, 1.807) is 18.2 Å². The Morgan fingerprint density at radius 1 is 0.871 bits per heavy atom. The van der Waals surface area contributed by atoms with Crippen LogP contribution in [0.2, 0.25) is 0 Å². The van der Waals surface area contributed by atoms with Crippen molar-refractivity contribution in [1.29, 1.82) is 0 Å². The highest BCUT2D eigenvalue weighted by Gasteiger charge is 2.45. The summed E-state index contributed by atoms with van der Waals surface area (Å²) < 4.78 is 32.9. The topological polar surface area (TPSA) is 84.0 Å². The fourth-order valence-electron chi connectivity index (χ4n) is 4.29. The quantitative estimate of drug-likeness (QED) is 0.642. The van der Waals surface area contributed by atoms with E-state index in [-0.39, 0.29) is 17.4 Å². The molecule has 2 aliphatic heterocycles. The van der Waals surface area contributed by atoms with Gasteiger partial charge in [-0.1, -0.05) is 48.5 Å². The van der Waals surface area contributed by atoms with Crippen LogP contribution in [0.15, 0.2) is 65.6 Å². The lowest BCUT2D eigenvalue weighted by Gasteiger charge is -2.30. The number of ether oxygens (including phenoxy) is 1. The zero-order chi connectivity index (χ0) is 21.8. The molecule has 2 atom stereocenters. The maximum absolute atomic E-state index is 13.3. The molecule has 2 aliphatic rings. The lowest BCUT2D eigenvalue weighted by molar-refractivity contribution is -0.155. The molecule has 0 saturated carbocycles. The highest BCUT2D eigenvalue weighted by atomic mass is 32.2. The van der Waals surface area contributed by atoms with Gasteiger partial charge in [-0.3, -0.25) is 4.79 Å². The van der Waals surface area contributed by atoms with E-state index in [2.05, 4.69) is 0 Å². The number of carbonyl (C=O) groups excluding carboxylic acids is 2. The summed E-state index contributed by atoms with van der Waals surface area (Å²) in [5.41, 5.74) is 0.877. The molecule has 0 aliphatic carbocycles. The first-order valence-electron chi connectivity index (χ1n) is 10.6. The zero-order valence-corrected chi connectivity index (χ0v) is 18.0. The molecule has 2 saturated heterocycles. The average Bonchev–Trinajstić information content (AvgIpc) is 3.49. The minimum absolute atomic E-state index is 0.149. The number of rotatable bonds is 6. The summed E-state index contributed by atoms with van der Waals surface area (Å²) in [6, 6.07) is 16.1. The SMILES string of the molecule is O=C(OCc1ccccc1)[C@@H]1CCCN1C(=O)[C@@H]1CCCN1S(=O)(=O)c1ccccc1. The van der Waals surface area contributed by atoms with Crippen molar-refractivity contribution in [3.63, 3.8) is 0 Å². The van der Waals surface area contributed by atoms with Gasteiger partial charge >= 0.3 is 5.97 Å². The molecule has 8 heteroatoms. The first-order chi connectivity index (χ1) is 15.0. The summed E-state index contributed by atoms with van der Waals surface area (Å²) in [5.74, 6) is -0.749. The van der Waals surface area contributed by atoms with Crippen LogP contribution in [0.4, 0.5) is 0 Å². The van der Waals surface area contributed by atoms with Crippen molar-refractivity contribution >= 4 is 21.9 Å². The van der Waals surface area contributed by atoms with Crippen LogP contribution in [0, 0.1) is 0 Å². The van der Waals surface area contributed by atoms with E-state index in [0.717, 1.165) is 5.56 Å². The number of likely N-dealkylation sites (tertiary alicyclic amines) is 1. The summed E-state index contributed by atoms with van der Waals surface area (Å²) in [6.07, 6.45) is 2.28. The van der Waals surface area contributed by atoms with Gasteiger partial charge in [-0.25, -0.2) is 13.2 Å². The number of sulfonamides is 1. The van der Waals surface area contributed by atoms with Gasteiger partial charge in [0.15, 0.2) is 0 Å². The summed E-state index contributed by atoms with van der Waals surface area (Å²) in [6.45, 7) is 0.875. The highest BCUT2D eigenvalue weighted by Crippen LogP contribution is 2.30. The van der Waals surface area contributed by atoms with Crippen molar-refractivity contribution in [3.8, 4) is 0 Å². The monoisotopic (exact) mass is 442 g/mol. The van der Waals surface area contributed by atoms with Gasteiger partial charge in [0.2, 0.25) is 15.9 Å². The molecule has 7 nitrogen and oxygen atoms in total. The van der Waals surface area contributed by atoms with Gasteiger partial charge in [-0.2, -0.15) is 4.31 Å². The van der Waals surface area contributed by atoms with Gasteiger partial charge in [-0.15, -0.1) is 0 Å². The second kappa shape index (κ2) is 9.20. The number of hydrogen-bond donors (Lipinski definition) is 0. The summed E-state index contributed by atoms with van der Waals surface area (Å²) >= 11 is 0. The Labute approximate surface area is 182 Å². The number of esters is 1. The molecule has 0 aromatic heterocycles. The van der Waals surface area contributed by atoms with E-state index in [0.29, 0.717) is 38.8 Å². The van der Waals surface area contributed by atoms with Crippen LogP contribution >= 0.6 is 0 Å². The van der Waals surface area contributed by atoms with Crippen molar-refractivity contribution in [2.24, 2.45) is 0 Å². The van der Waals surface area contributed by atoms with E-state index in [4.69, 9.17) is 4.74 Å². The Hall–Kier alpha value is -2.71. The molecule has 0 bridgehead atoms. The Morgan fingerprint density at radius 3 is 2.19 bits per heavy atom. The largest absolute Gasteiger partial charge is 0.459 e. The van der Waals surface area contributed by atoms with Gasteiger partial charge in [0, 0.05) is 13.1 Å². The van der Waals surface area contributed by atoms with Crippen LogP contribution in [-0.2, 0) is 31.0 Å². The van der Waals surface area contributed by atoms with Crippen molar-refractivity contribution in [1.82, 2.24) is 9.21 Å². The molecule has 0 spiro atoms. The van der Waals surface area contributed by atoms with Gasteiger partial charge in [0.05, 0.1) is 4.90 Å². The standard InChI is InChI=1S/C23H26N2O5S/c26-22(20-13-8-16-25(20)31(28,29)19-11-5-2-6-12-19)24-15-7-14-21(24)23(27)30-17-18-9-3-1-4-10-18/h1-6,9-12,20-21H,7-8,13-17H2/t20-,21-/m0/s1. The highest BCUT2D eigenvalue weighted by molar-refractivity contribution is 7.89. The molecule has 2 heterocycles. The Kier molecular flexibility index (Phi) is 6.38. The fourth-order valence-corrected chi connectivity index (χ4v) is 5.97. The van der Waals surface area contributed by atoms with Crippen LogP contribution in [-0.4, -0.2) is 54.7 Å². The fraction of sp³-hybridized carbons (Fsp3) is 0.391. The number of benzene rings is 2. The van der Waals surface area contributed by atoms with Crippen LogP contribution in [0.1, 0.15) is 31.2 Å². The first-order valence-corrected chi connectivity index (χ1v) is 12.0. The minimum atomic E-state index is -3.78. The van der Waals surface area contributed by atoms with E-state index in [1.165, 1.54) is 21.3 Å². The number of nitrogens with zero attached hydrogens (tertiary/aromatic N) is 2. The van der Waals surface area contributed by atoms with Crippen LogP contribution in [0.5, 0.6) is 0 Å². The zero-order valence-electron chi connectivity index (χ0n) is 17.2. The minimum Gasteiger partial charge on any atom is -0.459 e. The third kappa shape index (κ3) is 4.50. The number of hydrogen-bond acceptors (Lipinski definition) is 5. The molecule has 2 fully saturated rings. The van der Waals surface area contributed by atoms with Crippen LogP contribution in [0.3, 0.4) is 0 Å². The maximum atomic E-state index is 13.3. The molecule has 2 aromatic rings. The van der Waals surface area contributed by atoms with E-state index < -0.39 is 28.1 Å². The molecule has 31 heavy (non-hydrogen) atoms. The van der Waals surface area contributed by atoms with Gasteiger partial charge < -0.3 is 9.64 Å². The molecule has 0 N–H and O–H groups in total. The van der Waals surface area contributed by atoms with Gasteiger partial charge in [0.1, 0.15) is 18.7 Å². The molecular weight excluding hydrogens is 416 g/mol. The average molecular weight is 443 g/mol. The van der Waals surface area contributed by atoms with Gasteiger partial charge in [-0.05, 0) is 43.4 Å². The molecule has 4 rings (SSSR count). The predicted molar refractivity (Wildman–Crippen MR) is 114 cm³/mol. The van der Waals surface area contributed by atoms with E-state index in [9.17, 15) is 18.0 Å². The Bertz CT molecular complexity index is 1030. The van der Waals surface area contributed by atoms with Crippen LogP contribution in [0.25, 0.3) is 0 Å². The van der Waals surface area contributed by atoms with Crippen LogP contribution < -0.4 is 0 Å². The molecule has 0 radical (unpaired) electrons. The summed E-state index contributed by atoms with van der Waals surface area (Å²) in [5, 5.41) is 0. The number of amides is 1. The molecule has 164 valence electrons. The smallest absolute Gasteiger partial charge is 0.329 e. The molecular formula is C23H26N2O5S. The van der Waals surface area contributed by atoms with E-state index >= 15 is 0 Å². The lowest BCUT2D eigenvalue weighted by Crippen LogP contribution is -2.51. The molecule has 0 unspecified atom stereocenters. The third-order valence-corrected chi connectivity index (χ3v) is 7.79. The van der Waals surface area contributed by atoms with E-state index in [1.807, 2.05) is 30.3 Å². The Morgan fingerprint density at radius 2 is 1.48 bits per heavy atom. The Balaban J connectivity index is 1.46. The van der Waals surface area contributed by atoms with Gasteiger partial charge in [0.25, 0.3) is 0 Å².